The fourth-order valence-corrected chi connectivity index (χ4v) is 2.21. The van der Waals surface area contributed by atoms with Crippen LogP contribution in [0.2, 0.25) is 15.1 Å². The van der Waals surface area contributed by atoms with Crippen molar-refractivity contribution in [1.29, 1.82) is 0 Å². The van der Waals surface area contributed by atoms with E-state index in [0.29, 0.717) is 30.8 Å². The number of benzene rings is 2. The van der Waals surface area contributed by atoms with Gasteiger partial charge >= 0.3 is 0 Å². The quantitative estimate of drug-likeness (QED) is 0.716. The summed E-state index contributed by atoms with van der Waals surface area (Å²) in [6.07, 6.45) is 0. The Morgan fingerprint density at radius 1 is 0.947 bits per heavy atom. The highest BCUT2D eigenvalue weighted by atomic mass is 79.9. The molecule has 6 heteroatoms. The second-order valence-electron chi connectivity index (χ2n) is 3.71. The van der Waals surface area contributed by atoms with Gasteiger partial charge in [-0.3, -0.25) is 4.79 Å². The van der Waals surface area contributed by atoms with Crippen LogP contribution in [-0.4, -0.2) is 5.91 Å². The maximum absolute atomic E-state index is 12.0. The molecule has 2 aromatic rings. The molecule has 0 bridgehead atoms. The predicted octanol–water partition coefficient (Wildman–Crippen LogP) is 5.66. The van der Waals surface area contributed by atoms with Crippen molar-refractivity contribution in [3.63, 3.8) is 0 Å². The molecule has 0 heterocycles. The van der Waals surface area contributed by atoms with Gasteiger partial charge in [0.1, 0.15) is 0 Å². The lowest BCUT2D eigenvalue weighted by atomic mass is 10.2. The first-order valence-corrected chi connectivity index (χ1v) is 7.11. The van der Waals surface area contributed by atoms with Crippen LogP contribution in [0.5, 0.6) is 0 Å². The second-order valence-corrected chi connectivity index (χ2v) is 5.79. The van der Waals surface area contributed by atoms with Crippen LogP contribution in [0.4, 0.5) is 5.69 Å². The Balaban J connectivity index is 2.20. The number of nitrogens with one attached hydrogen (secondary N) is 1. The summed E-state index contributed by atoms with van der Waals surface area (Å²) in [6, 6.07) is 9.83. The molecule has 0 radical (unpaired) electrons. The molecule has 2 rings (SSSR count). The molecule has 98 valence electrons. The molecule has 0 saturated heterocycles. The van der Waals surface area contributed by atoms with Crippen LogP contribution in [-0.2, 0) is 0 Å². The lowest BCUT2D eigenvalue weighted by Crippen LogP contribution is -2.11. The zero-order valence-electron chi connectivity index (χ0n) is 9.38. The van der Waals surface area contributed by atoms with Crippen LogP contribution < -0.4 is 5.32 Å². The zero-order valence-corrected chi connectivity index (χ0v) is 13.2. The van der Waals surface area contributed by atoms with Crippen LogP contribution in [0.1, 0.15) is 10.4 Å². The van der Waals surface area contributed by atoms with Gasteiger partial charge in [0, 0.05) is 15.7 Å². The largest absolute Gasteiger partial charge is 0.322 e. The van der Waals surface area contributed by atoms with E-state index in [-0.39, 0.29) is 5.91 Å². The Bertz CT molecular complexity index is 646. The molecule has 2 aromatic carbocycles. The van der Waals surface area contributed by atoms with E-state index in [4.69, 9.17) is 34.8 Å². The van der Waals surface area contributed by atoms with Crippen molar-refractivity contribution in [3.05, 3.63) is 61.5 Å². The summed E-state index contributed by atoms with van der Waals surface area (Å²) in [4.78, 5) is 12.0. The molecule has 1 N–H and O–H groups in total. The highest BCUT2D eigenvalue weighted by molar-refractivity contribution is 9.10. The minimum atomic E-state index is -0.254. The van der Waals surface area contributed by atoms with Crippen molar-refractivity contribution in [2.45, 2.75) is 0 Å². The normalized spacial score (nSPS) is 10.3. The van der Waals surface area contributed by atoms with E-state index >= 15 is 0 Å². The van der Waals surface area contributed by atoms with Crippen molar-refractivity contribution in [2.75, 3.05) is 5.32 Å². The van der Waals surface area contributed by atoms with Gasteiger partial charge in [0.05, 0.1) is 15.1 Å². The molecule has 0 aliphatic carbocycles. The van der Waals surface area contributed by atoms with E-state index < -0.39 is 0 Å². The third-order valence-corrected chi connectivity index (χ3v) is 4.31. The molecule has 1 amide bonds. The van der Waals surface area contributed by atoms with Crippen LogP contribution in [0.3, 0.4) is 0 Å². The van der Waals surface area contributed by atoms with Crippen molar-refractivity contribution in [3.8, 4) is 0 Å². The van der Waals surface area contributed by atoms with Gasteiger partial charge in [-0.25, -0.2) is 0 Å². The maximum Gasteiger partial charge on any atom is 0.255 e. The van der Waals surface area contributed by atoms with E-state index in [1.807, 2.05) is 0 Å². The molecule has 19 heavy (non-hydrogen) atoms. The van der Waals surface area contributed by atoms with E-state index in [2.05, 4.69) is 21.2 Å². The molecule has 0 fully saturated rings. The average molecular weight is 379 g/mol. The Morgan fingerprint density at radius 2 is 1.63 bits per heavy atom. The zero-order chi connectivity index (χ0) is 14.0. The Hall–Kier alpha value is -0.740. The summed E-state index contributed by atoms with van der Waals surface area (Å²) < 4.78 is 0.663. The van der Waals surface area contributed by atoms with Gasteiger partial charge in [-0.2, -0.15) is 0 Å². The number of rotatable bonds is 2. The Morgan fingerprint density at radius 3 is 2.26 bits per heavy atom. The minimum absolute atomic E-state index is 0.254. The summed E-state index contributed by atoms with van der Waals surface area (Å²) >= 11 is 20.8. The fourth-order valence-electron chi connectivity index (χ4n) is 1.41. The Labute approximate surface area is 133 Å². The monoisotopic (exact) mass is 377 g/mol. The molecular formula is C13H7BrCl3NO. The number of hydrogen-bond donors (Lipinski definition) is 1. The molecular weight excluding hydrogens is 372 g/mol. The van der Waals surface area contributed by atoms with Gasteiger partial charge in [-0.15, -0.1) is 0 Å². The van der Waals surface area contributed by atoms with Gasteiger partial charge < -0.3 is 5.32 Å². The summed E-state index contributed by atoms with van der Waals surface area (Å²) in [5.41, 5.74) is 1.06. The van der Waals surface area contributed by atoms with Gasteiger partial charge in [-0.1, -0.05) is 34.8 Å². The number of carbonyl (C=O) groups excluding carboxylic acids is 1. The van der Waals surface area contributed by atoms with E-state index in [0.717, 1.165) is 0 Å². The molecule has 0 aliphatic rings. The summed E-state index contributed by atoms with van der Waals surface area (Å²) in [7, 11) is 0. The summed E-state index contributed by atoms with van der Waals surface area (Å²) in [6.45, 7) is 0. The number of hydrogen-bond acceptors (Lipinski definition) is 1. The average Bonchev–Trinajstić information content (AvgIpc) is 2.37. The maximum atomic E-state index is 12.0. The first kappa shape index (κ1) is 14.7. The Kier molecular flexibility index (Phi) is 4.74. The number of halogens is 4. The summed E-state index contributed by atoms with van der Waals surface area (Å²) in [5.74, 6) is -0.254. The van der Waals surface area contributed by atoms with Gasteiger partial charge in [-0.05, 0) is 52.3 Å². The van der Waals surface area contributed by atoms with E-state index in [1.165, 1.54) is 0 Å². The van der Waals surface area contributed by atoms with E-state index in [1.54, 1.807) is 36.4 Å². The highest BCUT2D eigenvalue weighted by Gasteiger charge is 2.09. The third kappa shape index (κ3) is 3.63. The van der Waals surface area contributed by atoms with Crippen molar-refractivity contribution >= 4 is 62.3 Å². The van der Waals surface area contributed by atoms with Crippen LogP contribution in [0.15, 0.2) is 40.9 Å². The number of carbonyl (C=O) groups is 1. The highest BCUT2D eigenvalue weighted by Crippen LogP contribution is 2.26. The SMILES string of the molecule is O=C(Nc1ccc(Cl)c(Cl)c1)c1ccc(Cl)c(Br)c1. The van der Waals surface area contributed by atoms with Gasteiger partial charge in [0.15, 0.2) is 0 Å². The van der Waals surface area contributed by atoms with Gasteiger partial charge in [0.25, 0.3) is 5.91 Å². The van der Waals surface area contributed by atoms with Crippen molar-refractivity contribution in [1.82, 2.24) is 0 Å². The van der Waals surface area contributed by atoms with Gasteiger partial charge in [0.2, 0.25) is 0 Å². The first-order valence-electron chi connectivity index (χ1n) is 5.19. The van der Waals surface area contributed by atoms with Crippen molar-refractivity contribution < 1.29 is 4.79 Å². The fraction of sp³-hybridized carbons (Fsp3) is 0. The van der Waals surface area contributed by atoms with E-state index in [9.17, 15) is 4.79 Å². The summed E-state index contributed by atoms with van der Waals surface area (Å²) in [5, 5.41) is 4.10. The standard InChI is InChI=1S/C13H7BrCl3NO/c14-9-5-7(1-3-10(9)15)13(19)18-8-2-4-11(16)12(17)6-8/h1-6H,(H,18,19). The van der Waals surface area contributed by atoms with Crippen molar-refractivity contribution in [2.24, 2.45) is 0 Å². The lowest BCUT2D eigenvalue weighted by Gasteiger charge is -2.07. The number of amides is 1. The first-order chi connectivity index (χ1) is 8.97. The molecule has 0 saturated carbocycles. The van der Waals surface area contributed by atoms with Crippen LogP contribution in [0.25, 0.3) is 0 Å². The number of anilines is 1. The second kappa shape index (κ2) is 6.14. The molecule has 0 unspecified atom stereocenters. The van der Waals surface area contributed by atoms with Crippen LogP contribution in [0, 0.1) is 0 Å². The lowest BCUT2D eigenvalue weighted by molar-refractivity contribution is 0.102. The molecule has 0 aromatic heterocycles. The topological polar surface area (TPSA) is 29.1 Å². The molecule has 2 nitrogen and oxygen atoms in total. The predicted molar refractivity (Wildman–Crippen MR) is 83.6 cm³/mol. The molecule has 0 aliphatic heterocycles. The van der Waals surface area contributed by atoms with Crippen LogP contribution >= 0.6 is 50.7 Å². The molecule has 0 spiro atoms. The molecule has 0 atom stereocenters. The third-order valence-electron chi connectivity index (χ3n) is 2.36. The smallest absolute Gasteiger partial charge is 0.255 e. The minimum Gasteiger partial charge on any atom is -0.322 e.